The summed E-state index contributed by atoms with van der Waals surface area (Å²) in [6.45, 7) is 12.5. The number of ether oxygens (including phenoxy) is 2. The summed E-state index contributed by atoms with van der Waals surface area (Å²) in [6.07, 6.45) is 1.20. The van der Waals surface area contributed by atoms with E-state index in [4.69, 9.17) is 9.47 Å². The first kappa shape index (κ1) is 15.2. The van der Waals surface area contributed by atoms with E-state index in [1.54, 1.807) is 0 Å². The van der Waals surface area contributed by atoms with Crippen molar-refractivity contribution in [2.24, 2.45) is 0 Å². The first-order valence-electron chi connectivity index (χ1n) is 7.47. The maximum absolute atomic E-state index is 5.64. The molecule has 2 rings (SSSR count). The Kier molecular flexibility index (Phi) is 5.59. The molecule has 5 nitrogen and oxygen atoms in total. The number of nitrogens with one attached hydrogen (secondary N) is 1. The second-order valence-electron chi connectivity index (χ2n) is 6.17. The zero-order chi connectivity index (χ0) is 13.7. The van der Waals surface area contributed by atoms with Gasteiger partial charge in [-0.2, -0.15) is 0 Å². The molecule has 112 valence electrons. The third-order valence-corrected chi connectivity index (χ3v) is 3.94. The van der Waals surface area contributed by atoms with Gasteiger partial charge in [-0.3, -0.25) is 0 Å². The number of hydrogen-bond donors (Lipinski definition) is 1. The van der Waals surface area contributed by atoms with Gasteiger partial charge in [-0.05, 0) is 40.4 Å². The van der Waals surface area contributed by atoms with Gasteiger partial charge < -0.3 is 24.6 Å². The molecule has 0 bridgehead atoms. The minimum absolute atomic E-state index is 0.348. The van der Waals surface area contributed by atoms with Crippen molar-refractivity contribution in [2.75, 3.05) is 59.5 Å². The average molecular weight is 271 g/mol. The van der Waals surface area contributed by atoms with E-state index >= 15 is 0 Å². The molecule has 0 saturated carbocycles. The third-order valence-electron chi connectivity index (χ3n) is 3.94. The standard InChI is InChI=1S/C14H29N3O2/c1-14(2)18-11-13(12-19-14)15-5-4-6-17-9-7-16(3)8-10-17/h13,15H,4-12H2,1-3H3. The fourth-order valence-electron chi connectivity index (χ4n) is 2.49. The summed E-state index contributed by atoms with van der Waals surface area (Å²) >= 11 is 0. The van der Waals surface area contributed by atoms with Gasteiger partial charge in [0.15, 0.2) is 5.79 Å². The highest BCUT2D eigenvalue weighted by Crippen LogP contribution is 2.16. The molecule has 19 heavy (non-hydrogen) atoms. The van der Waals surface area contributed by atoms with E-state index in [0.717, 1.165) is 19.8 Å². The molecule has 0 aromatic heterocycles. The van der Waals surface area contributed by atoms with E-state index in [1.807, 2.05) is 13.8 Å². The number of likely N-dealkylation sites (N-methyl/N-ethyl adjacent to an activating group) is 1. The van der Waals surface area contributed by atoms with Crippen LogP contribution in [0.3, 0.4) is 0 Å². The molecule has 0 radical (unpaired) electrons. The van der Waals surface area contributed by atoms with Crippen molar-refractivity contribution in [1.82, 2.24) is 15.1 Å². The average Bonchev–Trinajstić information content (AvgIpc) is 2.38. The lowest BCUT2D eigenvalue weighted by molar-refractivity contribution is -0.252. The molecule has 2 aliphatic heterocycles. The van der Waals surface area contributed by atoms with Crippen LogP contribution < -0.4 is 5.32 Å². The van der Waals surface area contributed by atoms with Gasteiger partial charge in [0.1, 0.15) is 0 Å². The minimum Gasteiger partial charge on any atom is -0.349 e. The van der Waals surface area contributed by atoms with Gasteiger partial charge in [0.05, 0.1) is 19.3 Å². The molecule has 1 N–H and O–H groups in total. The van der Waals surface area contributed by atoms with Gasteiger partial charge >= 0.3 is 0 Å². The van der Waals surface area contributed by atoms with Crippen molar-refractivity contribution >= 4 is 0 Å². The van der Waals surface area contributed by atoms with E-state index in [0.29, 0.717) is 6.04 Å². The van der Waals surface area contributed by atoms with Crippen LogP contribution in [0.5, 0.6) is 0 Å². The van der Waals surface area contributed by atoms with Crippen molar-refractivity contribution in [3.8, 4) is 0 Å². The Hall–Kier alpha value is -0.200. The van der Waals surface area contributed by atoms with E-state index in [9.17, 15) is 0 Å². The molecule has 0 unspecified atom stereocenters. The summed E-state index contributed by atoms with van der Waals surface area (Å²) in [6, 6.07) is 0.348. The van der Waals surface area contributed by atoms with Crippen LogP contribution in [0.4, 0.5) is 0 Å². The van der Waals surface area contributed by atoms with Crippen LogP contribution in [-0.4, -0.2) is 81.2 Å². The Morgan fingerprint density at radius 2 is 1.74 bits per heavy atom. The van der Waals surface area contributed by atoms with E-state index < -0.39 is 5.79 Å². The molecule has 0 aromatic rings. The highest BCUT2D eigenvalue weighted by Gasteiger charge is 2.27. The molecule has 0 amide bonds. The molecule has 0 aliphatic carbocycles. The van der Waals surface area contributed by atoms with Gasteiger partial charge in [0.25, 0.3) is 0 Å². The van der Waals surface area contributed by atoms with Crippen LogP contribution in [-0.2, 0) is 9.47 Å². The number of nitrogens with zero attached hydrogens (tertiary/aromatic N) is 2. The van der Waals surface area contributed by atoms with Crippen molar-refractivity contribution in [2.45, 2.75) is 32.1 Å². The molecule has 0 atom stereocenters. The Bertz CT molecular complexity index is 255. The second-order valence-corrected chi connectivity index (χ2v) is 6.17. The van der Waals surface area contributed by atoms with Crippen molar-refractivity contribution in [3.63, 3.8) is 0 Å². The third kappa shape index (κ3) is 5.36. The predicted octanol–water partition coefficient (Wildman–Crippen LogP) is 0.365. The van der Waals surface area contributed by atoms with Crippen molar-refractivity contribution in [3.05, 3.63) is 0 Å². The summed E-state index contributed by atoms with van der Waals surface area (Å²) in [5.41, 5.74) is 0. The lowest BCUT2D eigenvalue weighted by Crippen LogP contribution is -2.49. The van der Waals surface area contributed by atoms with Crippen molar-refractivity contribution in [1.29, 1.82) is 0 Å². The molecule has 5 heteroatoms. The van der Waals surface area contributed by atoms with Crippen LogP contribution in [0.25, 0.3) is 0 Å². The van der Waals surface area contributed by atoms with Crippen LogP contribution in [0.1, 0.15) is 20.3 Å². The van der Waals surface area contributed by atoms with Crippen LogP contribution >= 0.6 is 0 Å². The van der Waals surface area contributed by atoms with E-state index in [1.165, 1.54) is 39.1 Å². The lowest BCUT2D eigenvalue weighted by atomic mass is 10.2. The maximum Gasteiger partial charge on any atom is 0.162 e. The van der Waals surface area contributed by atoms with Crippen LogP contribution in [0.15, 0.2) is 0 Å². The number of rotatable bonds is 5. The van der Waals surface area contributed by atoms with Gasteiger partial charge in [-0.25, -0.2) is 0 Å². The largest absolute Gasteiger partial charge is 0.349 e. The fraction of sp³-hybridized carbons (Fsp3) is 1.00. The molecular weight excluding hydrogens is 242 g/mol. The Labute approximate surface area is 117 Å². The Balaban J connectivity index is 1.50. The smallest absolute Gasteiger partial charge is 0.162 e. The van der Waals surface area contributed by atoms with Gasteiger partial charge in [-0.1, -0.05) is 0 Å². The summed E-state index contributed by atoms with van der Waals surface area (Å²) in [4.78, 5) is 4.95. The normalized spacial score (nSPS) is 26.7. The predicted molar refractivity (Wildman–Crippen MR) is 76.3 cm³/mol. The molecule has 0 aromatic carbocycles. The van der Waals surface area contributed by atoms with Crippen LogP contribution in [0, 0.1) is 0 Å². The Morgan fingerprint density at radius 1 is 1.11 bits per heavy atom. The van der Waals surface area contributed by atoms with Gasteiger partial charge in [-0.15, -0.1) is 0 Å². The highest BCUT2D eigenvalue weighted by atomic mass is 16.7. The molecule has 0 spiro atoms. The number of hydrogen-bond acceptors (Lipinski definition) is 5. The van der Waals surface area contributed by atoms with Crippen molar-refractivity contribution < 1.29 is 9.47 Å². The first-order valence-corrected chi connectivity index (χ1v) is 7.47. The topological polar surface area (TPSA) is 37.0 Å². The Morgan fingerprint density at radius 3 is 2.37 bits per heavy atom. The lowest BCUT2D eigenvalue weighted by Gasteiger charge is -2.35. The molecule has 2 heterocycles. The van der Waals surface area contributed by atoms with Crippen LogP contribution in [0.2, 0.25) is 0 Å². The SMILES string of the molecule is CN1CCN(CCCNC2COC(C)(C)OC2)CC1. The summed E-state index contributed by atoms with van der Waals surface area (Å²) < 4.78 is 11.3. The molecule has 2 aliphatic rings. The number of piperazine rings is 1. The second kappa shape index (κ2) is 6.99. The monoisotopic (exact) mass is 271 g/mol. The van der Waals surface area contributed by atoms with E-state index in [2.05, 4.69) is 22.2 Å². The van der Waals surface area contributed by atoms with E-state index in [-0.39, 0.29) is 0 Å². The first-order chi connectivity index (χ1) is 9.05. The van der Waals surface area contributed by atoms with Gasteiger partial charge in [0.2, 0.25) is 0 Å². The maximum atomic E-state index is 5.64. The highest BCUT2D eigenvalue weighted by molar-refractivity contribution is 4.74. The molecule has 2 saturated heterocycles. The molecular formula is C14H29N3O2. The summed E-state index contributed by atoms with van der Waals surface area (Å²) in [7, 11) is 2.20. The summed E-state index contributed by atoms with van der Waals surface area (Å²) in [5.74, 6) is -0.405. The quantitative estimate of drug-likeness (QED) is 0.731. The fourth-order valence-corrected chi connectivity index (χ4v) is 2.49. The zero-order valence-corrected chi connectivity index (χ0v) is 12.7. The summed E-state index contributed by atoms with van der Waals surface area (Å²) in [5, 5.41) is 3.52. The minimum atomic E-state index is -0.405. The van der Waals surface area contributed by atoms with Gasteiger partial charge in [0, 0.05) is 26.2 Å². The zero-order valence-electron chi connectivity index (χ0n) is 12.7. The molecule has 2 fully saturated rings.